The third kappa shape index (κ3) is 8.81. The fourth-order valence-corrected chi connectivity index (χ4v) is 3.46. The Kier molecular flexibility index (Phi) is 9.31. The van der Waals surface area contributed by atoms with Crippen molar-refractivity contribution in [2.75, 3.05) is 50.8 Å². The van der Waals surface area contributed by atoms with Crippen LogP contribution in [-0.2, 0) is 4.79 Å². The molecule has 1 aliphatic rings. The number of amides is 1. The molecule has 1 aliphatic heterocycles. The Hall–Kier alpha value is -0.470. The summed E-state index contributed by atoms with van der Waals surface area (Å²) in [6, 6.07) is 0.0723. The van der Waals surface area contributed by atoms with Crippen LogP contribution in [0.5, 0.6) is 0 Å². The van der Waals surface area contributed by atoms with Gasteiger partial charge >= 0.3 is 6.18 Å². The minimum atomic E-state index is -4.23. The molecule has 1 rings (SSSR count). The van der Waals surface area contributed by atoms with E-state index in [9.17, 15) is 18.0 Å². The van der Waals surface area contributed by atoms with Gasteiger partial charge in [0.15, 0.2) is 0 Å². The van der Waals surface area contributed by atoms with Gasteiger partial charge in [0.2, 0.25) is 5.91 Å². The van der Waals surface area contributed by atoms with Crippen molar-refractivity contribution in [3.63, 3.8) is 0 Å². The quantitative estimate of drug-likeness (QED) is 0.688. The Labute approximate surface area is 141 Å². The topological polar surface area (TPSA) is 35.6 Å². The van der Waals surface area contributed by atoms with E-state index < -0.39 is 12.6 Å². The van der Waals surface area contributed by atoms with Gasteiger partial charge in [0.1, 0.15) is 0 Å². The summed E-state index contributed by atoms with van der Waals surface area (Å²) in [6.45, 7) is 7.26. The molecule has 0 radical (unpaired) electrons. The van der Waals surface area contributed by atoms with Gasteiger partial charge in [-0.2, -0.15) is 24.9 Å². The van der Waals surface area contributed by atoms with E-state index in [4.69, 9.17) is 0 Å². The van der Waals surface area contributed by atoms with E-state index in [2.05, 4.69) is 10.2 Å². The zero-order valence-corrected chi connectivity index (χ0v) is 14.8. The van der Waals surface area contributed by atoms with Gasteiger partial charge in [0, 0.05) is 50.1 Å². The summed E-state index contributed by atoms with van der Waals surface area (Å²) >= 11 is 1.78. The fourth-order valence-electron chi connectivity index (χ4n) is 2.52. The van der Waals surface area contributed by atoms with E-state index in [1.807, 2.05) is 13.8 Å². The second kappa shape index (κ2) is 10.4. The zero-order chi connectivity index (χ0) is 17.3. The van der Waals surface area contributed by atoms with Crippen molar-refractivity contribution in [3.05, 3.63) is 0 Å². The van der Waals surface area contributed by atoms with E-state index in [1.165, 1.54) is 4.90 Å². The van der Waals surface area contributed by atoms with Crippen LogP contribution in [0.15, 0.2) is 0 Å². The lowest BCUT2D eigenvalue weighted by Crippen LogP contribution is -2.45. The number of nitrogens with zero attached hydrogens (tertiary/aromatic N) is 2. The number of hydrogen-bond acceptors (Lipinski definition) is 4. The molecule has 0 saturated carbocycles. The maximum Gasteiger partial charge on any atom is 0.390 e. The third-order valence-corrected chi connectivity index (χ3v) is 5.15. The van der Waals surface area contributed by atoms with Gasteiger partial charge < -0.3 is 15.1 Å². The molecule has 0 aliphatic carbocycles. The molecular weight excluding hydrogens is 327 g/mol. The summed E-state index contributed by atoms with van der Waals surface area (Å²) in [5.41, 5.74) is 0. The van der Waals surface area contributed by atoms with Crippen LogP contribution >= 0.6 is 11.8 Å². The van der Waals surface area contributed by atoms with Crippen LogP contribution < -0.4 is 5.32 Å². The maximum atomic E-state index is 12.5. The van der Waals surface area contributed by atoms with Crippen molar-refractivity contribution in [2.45, 2.75) is 38.9 Å². The third-order valence-electron chi connectivity index (χ3n) is 4.02. The first kappa shape index (κ1) is 20.6. The number of alkyl halides is 3. The van der Waals surface area contributed by atoms with Crippen LogP contribution in [0.4, 0.5) is 13.2 Å². The Bertz CT molecular complexity index is 345. The lowest BCUT2D eigenvalue weighted by atomic mass is 10.2. The second-order valence-electron chi connectivity index (χ2n) is 5.70. The average Bonchev–Trinajstić information content (AvgIpc) is 2.51. The highest BCUT2D eigenvalue weighted by molar-refractivity contribution is 7.99. The molecule has 1 saturated heterocycles. The number of halogens is 3. The van der Waals surface area contributed by atoms with Crippen molar-refractivity contribution >= 4 is 17.7 Å². The number of carbonyl (C=O) groups excluding carboxylic acids is 1. The first-order valence-corrected chi connectivity index (χ1v) is 9.39. The highest BCUT2D eigenvalue weighted by Gasteiger charge is 2.29. The molecular formula is C15H28F3N3OS. The fraction of sp³-hybridized carbons (Fsp3) is 0.933. The van der Waals surface area contributed by atoms with Gasteiger partial charge in [-0.1, -0.05) is 13.8 Å². The molecule has 1 amide bonds. The smallest absolute Gasteiger partial charge is 0.341 e. The lowest BCUT2D eigenvalue weighted by molar-refractivity contribution is -0.145. The number of nitrogens with one attached hydrogen (secondary N) is 1. The predicted molar refractivity (Wildman–Crippen MR) is 88.8 cm³/mol. The molecule has 1 atom stereocenters. The van der Waals surface area contributed by atoms with Crippen LogP contribution in [-0.4, -0.2) is 78.7 Å². The zero-order valence-electron chi connectivity index (χ0n) is 14.0. The van der Waals surface area contributed by atoms with E-state index in [1.54, 1.807) is 11.8 Å². The van der Waals surface area contributed by atoms with Crippen molar-refractivity contribution < 1.29 is 18.0 Å². The van der Waals surface area contributed by atoms with E-state index in [-0.39, 0.29) is 24.9 Å². The van der Waals surface area contributed by atoms with Crippen LogP contribution in [0, 0.1) is 0 Å². The summed E-state index contributed by atoms with van der Waals surface area (Å²) in [5.74, 6) is 1.68. The predicted octanol–water partition coefficient (Wildman–Crippen LogP) is 2.20. The van der Waals surface area contributed by atoms with Crippen molar-refractivity contribution in [3.8, 4) is 0 Å². The molecule has 0 aromatic carbocycles. The van der Waals surface area contributed by atoms with E-state index >= 15 is 0 Å². The summed E-state index contributed by atoms with van der Waals surface area (Å²) in [5, 5.41) is 3.26. The number of thioether (sulfide) groups is 1. The second-order valence-corrected chi connectivity index (χ2v) is 6.85. The molecule has 136 valence electrons. The Morgan fingerprint density at radius 2 is 1.91 bits per heavy atom. The largest absolute Gasteiger partial charge is 0.390 e. The molecule has 8 heteroatoms. The van der Waals surface area contributed by atoms with E-state index in [0.717, 1.165) is 31.1 Å². The summed E-state index contributed by atoms with van der Waals surface area (Å²) in [4.78, 5) is 15.9. The normalized spacial score (nSPS) is 19.1. The van der Waals surface area contributed by atoms with Crippen LogP contribution in [0.25, 0.3) is 0 Å². The van der Waals surface area contributed by atoms with Crippen molar-refractivity contribution in [2.24, 2.45) is 0 Å². The highest BCUT2D eigenvalue weighted by Crippen LogP contribution is 2.20. The monoisotopic (exact) mass is 355 g/mol. The number of hydrogen-bond donors (Lipinski definition) is 1. The van der Waals surface area contributed by atoms with Gasteiger partial charge in [0.05, 0.1) is 6.42 Å². The van der Waals surface area contributed by atoms with Gasteiger partial charge in [-0.15, -0.1) is 0 Å². The minimum Gasteiger partial charge on any atom is -0.341 e. The minimum absolute atomic E-state index is 0.0723. The number of carbonyl (C=O) groups is 1. The van der Waals surface area contributed by atoms with Gasteiger partial charge in [-0.25, -0.2) is 0 Å². The van der Waals surface area contributed by atoms with Gasteiger partial charge in [-0.3, -0.25) is 4.79 Å². The first-order valence-electron chi connectivity index (χ1n) is 8.23. The molecule has 4 nitrogen and oxygen atoms in total. The van der Waals surface area contributed by atoms with Crippen molar-refractivity contribution in [1.82, 2.24) is 15.1 Å². The lowest BCUT2D eigenvalue weighted by Gasteiger charge is -2.29. The average molecular weight is 355 g/mol. The van der Waals surface area contributed by atoms with Crippen molar-refractivity contribution in [1.29, 1.82) is 0 Å². The first-order chi connectivity index (χ1) is 10.9. The maximum absolute atomic E-state index is 12.5. The summed E-state index contributed by atoms with van der Waals surface area (Å²) in [7, 11) is 0. The Morgan fingerprint density at radius 1 is 1.22 bits per heavy atom. The molecule has 23 heavy (non-hydrogen) atoms. The molecule has 1 N–H and O–H groups in total. The van der Waals surface area contributed by atoms with Gasteiger partial charge in [-0.05, 0) is 13.1 Å². The van der Waals surface area contributed by atoms with Crippen LogP contribution in [0.2, 0.25) is 0 Å². The van der Waals surface area contributed by atoms with Crippen LogP contribution in [0.1, 0.15) is 26.7 Å². The molecule has 0 aromatic heterocycles. The Balaban J connectivity index is 2.54. The molecule has 1 unspecified atom stereocenters. The number of likely N-dealkylation sites (N-methyl/N-ethyl adjacent to an activating group) is 1. The molecule has 1 fully saturated rings. The summed E-state index contributed by atoms with van der Waals surface area (Å²) in [6.07, 6.45) is -4.89. The van der Waals surface area contributed by atoms with Gasteiger partial charge in [0.25, 0.3) is 0 Å². The molecule has 0 bridgehead atoms. The van der Waals surface area contributed by atoms with Crippen LogP contribution in [0.3, 0.4) is 0 Å². The SMILES string of the molecule is CCN(CC)CCN(CCC(F)(F)F)C(=O)CC1CSCCN1. The summed E-state index contributed by atoms with van der Waals surface area (Å²) < 4.78 is 37.5. The highest BCUT2D eigenvalue weighted by atomic mass is 32.2. The molecule has 1 heterocycles. The molecule has 0 spiro atoms. The standard InChI is InChI=1S/C15H28F3N3OS/c1-3-20(4-2)8-9-21(7-5-15(16,17)18)14(22)11-13-12-23-10-6-19-13/h13,19H,3-12H2,1-2H3. The number of rotatable bonds is 9. The Morgan fingerprint density at radius 3 is 2.43 bits per heavy atom. The molecule has 0 aromatic rings. The van der Waals surface area contributed by atoms with E-state index in [0.29, 0.717) is 13.1 Å².